The SMILES string of the molecule is CCc1nnc(NC(=O)CSc2nnc(C(C)Oc3cccc(OC)c3)n2CC)s1. The number of carbonyl (C=O) groups is 1. The van der Waals surface area contributed by atoms with Gasteiger partial charge in [-0.2, -0.15) is 0 Å². The van der Waals surface area contributed by atoms with Gasteiger partial charge in [-0.05, 0) is 32.4 Å². The molecule has 2 heterocycles. The Hall–Kier alpha value is -2.66. The lowest BCUT2D eigenvalue weighted by atomic mass is 10.3. The highest BCUT2D eigenvalue weighted by molar-refractivity contribution is 7.99. The molecule has 0 spiro atoms. The van der Waals surface area contributed by atoms with E-state index in [1.807, 2.05) is 49.6 Å². The van der Waals surface area contributed by atoms with Gasteiger partial charge in [0.15, 0.2) is 17.1 Å². The summed E-state index contributed by atoms with van der Waals surface area (Å²) in [6.45, 7) is 6.57. The van der Waals surface area contributed by atoms with E-state index in [2.05, 4.69) is 25.7 Å². The van der Waals surface area contributed by atoms with Crippen LogP contribution in [0, 0.1) is 0 Å². The highest BCUT2D eigenvalue weighted by atomic mass is 32.2. The van der Waals surface area contributed by atoms with Crippen LogP contribution in [0.5, 0.6) is 11.5 Å². The van der Waals surface area contributed by atoms with E-state index in [-0.39, 0.29) is 17.8 Å². The lowest BCUT2D eigenvalue weighted by Crippen LogP contribution is -2.15. The first-order valence-electron chi connectivity index (χ1n) is 9.52. The number of amides is 1. The van der Waals surface area contributed by atoms with Gasteiger partial charge in [0.25, 0.3) is 0 Å². The van der Waals surface area contributed by atoms with E-state index in [1.165, 1.54) is 23.1 Å². The van der Waals surface area contributed by atoms with Crippen LogP contribution in [0.1, 0.15) is 37.7 Å². The number of hydrogen-bond donors (Lipinski definition) is 1. The quantitative estimate of drug-likeness (QED) is 0.469. The van der Waals surface area contributed by atoms with Crippen molar-refractivity contribution in [1.82, 2.24) is 25.0 Å². The van der Waals surface area contributed by atoms with E-state index in [4.69, 9.17) is 9.47 Å². The number of rotatable bonds is 10. The average Bonchev–Trinajstić information content (AvgIpc) is 3.38. The number of nitrogens with one attached hydrogen (secondary N) is 1. The van der Waals surface area contributed by atoms with Crippen LogP contribution >= 0.6 is 23.1 Å². The largest absolute Gasteiger partial charge is 0.497 e. The summed E-state index contributed by atoms with van der Waals surface area (Å²) >= 11 is 2.70. The standard InChI is InChI=1S/C19H24N6O3S2/c1-5-16-21-23-18(30-16)20-15(26)11-29-19-24-22-17(25(19)6-2)12(3)28-14-9-7-8-13(10-14)27-4/h7-10,12H,5-6,11H2,1-4H3,(H,20,23,26). The monoisotopic (exact) mass is 448 g/mol. The van der Waals surface area contributed by atoms with Gasteiger partial charge in [0, 0.05) is 12.6 Å². The molecular formula is C19H24N6O3S2. The van der Waals surface area contributed by atoms with Gasteiger partial charge < -0.3 is 14.0 Å². The first kappa shape index (κ1) is 22.0. The Bertz CT molecular complexity index is 990. The molecule has 0 aliphatic heterocycles. The van der Waals surface area contributed by atoms with Crippen LogP contribution in [0.3, 0.4) is 0 Å². The molecule has 1 N–H and O–H groups in total. The van der Waals surface area contributed by atoms with Crippen molar-refractivity contribution >= 4 is 34.1 Å². The van der Waals surface area contributed by atoms with E-state index in [1.54, 1.807) is 7.11 Å². The Morgan fingerprint density at radius 2 is 2.03 bits per heavy atom. The fourth-order valence-corrected chi connectivity index (χ4v) is 4.17. The van der Waals surface area contributed by atoms with E-state index < -0.39 is 0 Å². The number of benzene rings is 1. The molecule has 1 atom stereocenters. The molecule has 0 radical (unpaired) electrons. The zero-order chi connectivity index (χ0) is 21.5. The third-order valence-electron chi connectivity index (χ3n) is 4.13. The summed E-state index contributed by atoms with van der Waals surface area (Å²) in [5, 5.41) is 21.3. The molecule has 30 heavy (non-hydrogen) atoms. The first-order valence-corrected chi connectivity index (χ1v) is 11.3. The number of aromatic nitrogens is 5. The molecule has 0 saturated heterocycles. The average molecular weight is 449 g/mol. The molecule has 0 bridgehead atoms. The second kappa shape index (κ2) is 10.4. The topological polar surface area (TPSA) is 104 Å². The highest BCUT2D eigenvalue weighted by Gasteiger charge is 2.20. The third kappa shape index (κ3) is 5.48. The van der Waals surface area contributed by atoms with Gasteiger partial charge in [0.2, 0.25) is 11.0 Å². The van der Waals surface area contributed by atoms with Crippen LogP contribution in [0.2, 0.25) is 0 Å². The molecule has 0 saturated carbocycles. The lowest BCUT2D eigenvalue weighted by molar-refractivity contribution is -0.113. The Morgan fingerprint density at radius 3 is 2.73 bits per heavy atom. The predicted octanol–water partition coefficient (Wildman–Crippen LogP) is 3.59. The number of carbonyl (C=O) groups excluding carboxylic acids is 1. The molecule has 9 nitrogen and oxygen atoms in total. The van der Waals surface area contributed by atoms with Gasteiger partial charge in [-0.15, -0.1) is 20.4 Å². The fourth-order valence-electron chi connectivity index (χ4n) is 2.67. The number of methoxy groups -OCH3 is 1. The number of aryl methyl sites for hydroxylation is 1. The second-order valence-electron chi connectivity index (χ2n) is 6.22. The number of thioether (sulfide) groups is 1. The van der Waals surface area contributed by atoms with E-state index >= 15 is 0 Å². The molecule has 0 aliphatic carbocycles. The van der Waals surface area contributed by atoms with Crippen molar-refractivity contribution in [2.24, 2.45) is 0 Å². The minimum Gasteiger partial charge on any atom is -0.497 e. The van der Waals surface area contributed by atoms with Crippen LogP contribution in [0.15, 0.2) is 29.4 Å². The Balaban J connectivity index is 1.62. The van der Waals surface area contributed by atoms with Gasteiger partial charge in [-0.25, -0.2) is 0 Å². The molecule has 1 unspecified atom stereocenters. The normalized spacial score (nSPS) is 11.9. The molecule has 3 aromatic rings. The van der Waals surface area contributed by atoms with Gasteiger partial charge in [0.1, 0.15) is 16.5 Å². The van der Waals surface area contributed by atoms with E-state index in [0.717, 1.165) is 17.2 Å². The molecule has 0 fully saturated rings. The molecule has 11 heteroatoms. The van der Waals surface area contributed by atoms with E-state index in [0.29, 0.717) is 28.4 Å². The number of anilines is 1. The summed E-state index contributed by atoms with van der Waals surface area (Å²) in [5.41, 5.74) is 0. The Kier molecular flexibility index (Phi) is 7.63. The van der Waals surface area contributed by atoms with Crippen LogP contribution in [-0.4, -0.2) is 43.7 Å². The van der Waals surface area contributed by atoms with Crippen molar-refractivity contribution in [2.45, 2.75) is 45.0 Å². The Morgan fingerprint density at radius 1 is 1.23 bits per heavy atom. The molecule has 1 amide bonds. The van der Waals surface area contributed by atoms with Crippen molar-refractivity contribution in [2.75, 3.05) is 18.2 Å². The lowest BCUT2D eigenvalue weighted by Gasteiger charge is -2.16. The zero-order valence-corrected chi connectivity index (χ0v) is 18.9. The molecular weight excluding hydrogens is 424 g/mol. The Labute approximate surface area is 183 Å². The van der Waals surface area contributed by atoms with Crippen LogP contribution in [0.4, 0.5) is 5.13 Å². The minimum absolute atomic E-state index is 0.160. The third-order valence-corrected chi connectivity index (χ3v) is 6.08. The van der Waals surface area contributed by atoms with Crippen LogP contribution < -0.4 is 14.8 Å². The molecule has 3 rings (SSSR count). The van der Waals surface area contributed by atoms with Crippen molar-refractivity contribution in [1.29, 1.82) is 0 Å². The maximum atomic E-state index is 12.2. The highest BCUT2D eigenvalue weighted by Crippen LogP contribution is 2.27. The molecule has 1 aromatic carbocycles. The number of ether oxygens (including phenoxy) is 2. The smallest absolute Gasteiger partial charge is 0.236 e. The number of nitrogens with zero attached hydrogens (tertiary/aromatic N) is 5. The minimum atomic E-state index is -0.318. The first-order chi connectivity index (χ1) is 14.5. The van der Waals surface area contributed by atoms with Gasteiger partial charge in [-0.1, -0.05) is 36.1 Å². The maximum Gasteiger partial charge on any atom is 0.236 e. The zero-order valence-electron chi connectivity index (χ0n) is 17.3. The summed E-state index contributed by atoms with van der Waals surface area (Å²) in [6.07, 6.45) is 0.474. The summed E-state index contributed by atoms with van der Waals surface area (Å²) in [6, 6.07) is 7.41. The predicted molar refractivity (Wildman–Crippen MR) is 116 cm³/mol. The molecule has 0 aliphatic rings. The molecule has 2 aromatic heterocycles. The summed E-state index contributed by atoms with van der Waals surface area (Å²) in [5.74, 6) is 2.14. The van der Waals surface area contributed by atoms with Crippen molar-refractivity contribution in [3.63, 3.8) is 0 Å². The second-order valence-corrected chi connectivity index (χ2v) is 8.22. The van der Waals surface area contributed by atoms with Crippen LogP contribution in [0.25, 0.3) is 0 Å². The van der Waals surface area contributed by atoms with Crippen LogP contribution in [-0.2, 0) is 17.8 Å². The van der Waals surface area contributed by atoms with Gasteiger partial charge in [-0.3, -0.25) is 10.1 Å². The summed E-state index contributed by atoms with van der Waals surface area (Å²) in [4.78, 5) is 12.2. The van der Waals surface area contributed by atoms with Crippen molar-refractivity contribution in [3.8, 4) is 11.5 Å². The summed E-state index contributed by atoms with van der Waals surface area (Å²) < 4.78 is 13.2. The molecule has 160 valence electrons. The fraction of sp³-hybridized carbons (Fsp3) is 0.421. The summed E-state index contributed by atoms with van der Waals surface area (Å²) in [7, 11) is 1.61. The van der Waals surface area contributed by atoms with E-state index in [9.17, 15) is 4.79 Å². The van der Waals surface area contributed by atoms with Crippen molar-refractivity contribution < 1.29 is 14.3 Å². The number of hydrogen-bond acceptors (Lipinski definition) is 9. The van der Waals surface area contributed by atoms with Crippen molar-refractivity contribution in [3.05, 3.63) is 35.1 Å². The maximum absolute atomic E-state index is 12.2. The van der Waals surface area contributed by atoms with Gasteiger partial charge >= 0.3 is 0 Å². The van der Waals surface area contributed by atoms with Gasteiger partial charge in [0.05, 0.1) is 12.9 Å².